The highest BCUT2D eigenvalue weighted by Gasteiger charge is 2.51. The zero-order valence-corrected chi connectivity index (χ0v) is 22.3. The van der Waals surface area contributed by atoms with Gasteiger partial charge in [0.1, 0.15) is 23.9 Å². The van der Waals surface area contributed by atoms with Crippen LogP contribution in [0.5, 0.6) is 0 Å². The molecule has 0 spiro atoms. The first-order valence-corrected chi connectivity index (χ1v) is 12.6. The molecule has 2 aromatic heterocycles. The van der Waals surface area contributed by atoms with Gasteiger partial charge in [-0.05, 0) is 26.4 Å². The van der Waals surface area contributed by atoms with Gasteiger partial charge in [0.2, 0.25) is 5.95 Å². The van der Waals surface area contributed by atoms with Gasteiger partial charge in [-0.25, -0.2) is 9.97 Å². The van der Waals surface area contributed by atoms with E-state index in [4.69, 9.17) is 31.2 Å². The maximum absolute atomic E-state index is 11.9. The Morgan fingerprint density at radius 3 is 2.38 bits per heavy atom. The molecule has 0 aliphatic carbocycles. The van der Waals surface area contributed by atoms with E-state index >= 15 is 0 Å². The molecule has 1 aliphatic heterocycles. The van der Waals surface area contributed by atoms with E-state index in [2.05, 4.69) is 25.6 Å². The molecule has 0 aromatic carbocycles. The van der Waals surface area contributed by atoms with Crippen LogP contribution in [0.3, 0.4) is 0 Å². The monoisotopic (exact) mass is 538 g/mol. The summed E-state index contributed by atoms with van der Waals surface area (Å²) in [5.41, 5.74) is 0.902. The third-order valence-electron chi connectivity index (χ3n) is 5.71. The predicted octanol–water partition coefficient (Wildman–Crippen LogP) is 2.00. The van der Waals surface area contributed by atoms with Crippen molar-refractivity contribution in [1.29, 1.82) is 0 Å². The number of unbranched alkanes of at least 4 members (excludes halogenated alkanes) is 3. The molecule has 2 aromatic rings. The number of nitrogens with one attached hydrogen (secondary N) is 3. The van der Waals surface area contributed by atoms with E-state index in [1.165, 1.54) is 27.1 Å². The van der Waals surface area contributed by atoms with Gasteiger partial charge < -0.3 is 34.6 Å². The van der Waals surface area contributed by atoms with Crippen LogP contribution in [0.1, 0.15) is 52.7 Å². The lowest BCUT2D eigenvalue weighted by Gasteiger charge is -2.23. The van der Waals surface area contributed by atoms with Crippen LogP contribution in [0.2, 0.25) is 0 Å². The number of fused-ring (bicyclic) bond motifs is 1. The Balaban J connectivity index is 1.86. The van der Waals surface area contributed by atoms with Crippen molar-refractivity contribution in [3.05, 3.63) is 11.0 Å². The molecular weight excluding hydrogens is 504 g/mol. The Labute approximate surface area is 219 Å². The van der Waals surface area contributed by atoms with Crippen LogP contribution in [0, 0.1) is 4.64 Å². The number of aromatic amines is 1. The van der Waals surface area contributed by atoms with Crippen LogP contribution >= 0.6 is 12.2 Å². The molecule has 0 radical (unpaired) electrons. The summed E-state index contributed by atoms with van der Waals surface area (Å²) >= 11 is 5.44. The number of anilines is 1. The molecule has 1 aliphatic rings. The topological polar surface area (TPSA) is 159 Å². The zero-order chi connectivity index (χ0) is 26.9. The van der Waals surface area contributed by atoms with Crippen LogP contribution in [0.25, 0.3) is 11.2 Å². The van der Waals surface area contributed by atoms with Crippen LogP contribution < -0.4 is 10.6 Å². The minimum absolute atomic E-state index is 0.202. The number of esters is 3. The molecule has 13 nitrogen and oxygen atoms in total. The quantitative estimate of drug-likeness (QED) is 0.148. The second-order valence-electron chi connectivity index (χ2n) is 8.70. The molecule has 3 rings (SSSR count). The molecule has 3 heterocycles. The Kier molecular flexibility index (Phi) is 10.3. The third kappa shape index (κ3) is 7.69. The molecule has 0 bridgehead atoms. The van der Waals surface area contributed by atoms with Gasteiger partial charge in [-0.15, -0.1) is 0 Å². The van der Waals surface area contributed by atoms with Crippen molar-refractivity contribution in [2.24, 2.45) is 0 Å². The van der Waals surface area contributed by atoms with E-state index in [0.717, 1.165) is 32.2 Å². The summed E-state index contributed by atoms with van der Waals surface area (Å²) in [5, 5.41) is 6.39. The van der Waals surface area contributed by atoms with Gasteiger partial charge in [-0.2, -0.15) is 0 Å². The number of H-pyrrole nitrogens is 1. The van der Waals surface area contributed by atoms with E-state index in [0.29, 0.717) is 23.7 Å². The van der Waals surface area contributed by atoms with Crippen LogP contribution in [-0.2, 0) is 33.3 Å². The fourth-order valence-corrected chi connectivity index (χ4v) is 4.36. The highest BCUT2D eigenvalue weighted by atomic mass is 32.1. The summed E-state index contributed by atoms with van der Waals surface area (Å²) in [6.07, 6.45) is 1.88. The maximum Gasteiger partial charge on any atom is 0.303 e. The summed E-state index contributed by atoms with van der Waals surface area (Å²) in [4.78, 5) is 47.1. The molecule has 1 fully saturated rings. The van der Waals surface area contributed by atoms with Crippen molar-refractivity contribution in [2.75, 3.05) is 32.1 Å². The minimum atomic E-state index is -1.04. The van der Waals surface area contributed by atoms with Crippen LogP contribution in [0.15, 0.2) is 6.33 Å². The van der Waals surface area contributed by atoms with Gasteiger partial charge in [0.15, 0.2) is 23.1 Å². The number of imidazole rings is 1. The van der Waals surface area contributed by atoms with Crippen molar-refractivity contribution >= 4 is 47.2 Å². The lowest BCUT2D eigenvalue weighted by Crippen LogP contribution is -2.40. The molecule has 204 valence electrons. The van der Waals surface area contributed by atoms with Gasteiger partial charge in [0, 0.05) is 27.3 Å². The Bertz CT molecular complexity index is 1150. The summed E-state index contributed by atoms with van der Waals surface area (Å²) in [5.74, 6) is -1.26. The number of aromatic nitrogens is 4. The summed E-state index contributed by atoms with van der Waals surface area (Å²) in [7, 11) is 1.94. The van der Waals surface area contributed by atoms with Gasteiger partial charge >= 0.3 is 17.9 Å². The Hall–Kier alpha value is -3.10. The standard InChI is InChI=1S/C23H34N6O7S/c1-13(30)33-11-16-18(34-14(2)31)19(35-15(3)32)22(36-16)29-12-26-17-20(29)27-23(28-21(17)37)25-10-8-6-5-7-9-24-4/h12,16,18-19,22,24H,5-11H2,1-4H3,(H2,25,27,28,37)/t16-,18?,19+,22-/m1/s1. The number of rotatable bonds is 13. The van der Waals surface area contributed by atoms with Crippen molar-refractivity contribution in [3.8, 4) is 0 Å². The molecule has 0 saturated carbocycles. The van der Waals surface area contributed by atoms with E-state index < -0.39 is 42.4 Å². The van der Waals surface area contributed by atoms with Crippen molar-refractivity contribution in [1.82, 2.24) is 24.8 Å². The molecule has 1 unspecified atom stereocenters. The first-order valence-electron chi connectivity index (χ1n) is 12.2. The minimum Gasteiger partial charge on any atom is -0.463 e. The predicted molar refractivity (Wildman–Crippen MR) is 135 cm³/mol. The average molecular weight is 539 g/mol. The molecule has 1 saturated heterocycles. The summed E-state index contributed by atoms with van der Waals surface area (Å²) in [6.45, 7) is 5.23. The first kappa shape index (κ1) is 28.5. The van der Waals surface area contributed by atoms with Crippen molar-refractivity contribution in [2.45, 2.75) is 71.0 Å². The number of carbonyl (C=O) groups is 3. The number of carbonyl (C=O) groups excluding carboxylic acids is 3. The molecule has 0 amide bonds. The van der Waals surface area contributed by atoms with Crippen LogP contribution in [-0.4, -0.2) is 82.5 Å². The average Bonchev–Trinajstić information content (AvgIpc) is 3.38. The number of ether oxygens (including phenoxy) is 4. The molecule has 37 heavy (non-hydrogen) atoms. The Morgan fingerprint density at radius 1 is 1.05 bits per heavy atom. The van der Waals surface area contributed by atoms with Gasteiger partial charge in [-0.1, -0.05) is 25.1 Å². The highest BCUT2D eigenvalue weighted by Crippen LogP contribution is 2.36. The normalized spacial score (nSPS) is 21.1. The lowest BCUT2D eigenvalue weighted by atomic mass is 10.1. The van der Waals surface area contributed by atoms with Crippen molar-refractivity contribution in [3.63, 3.8) is 0 Å². The second-order valence-corrected chi connectivity index (χ2v) is 9.09. The fraction of sp³-hybridized carbons (Fsp3) is 0.652. The van der Waals surface area contributed by atoms with E-state index in [-0.39, 0.29) is 11.2 Å². The van der Waals surface area contributed by atoms with E-state index in [1.807, 2.05) is 7.05 Å². The molecule has 14 heteroatoms. The molecule has 4 atom stereocenters. The zero-order valence-electron chi connectivity index (χ0n) is 21.4. The SMILES string of the molecule is CNCCCCCCNc1nc(=S)c2ncn([C@@H]3O[C@H](COC(C)=O)C(OC(C)=O)[C@@H]3OC(C)=O)c2[nH]1. The maximum atomic E-state index is 11.9. The van der Waals surface area contributed by atoms with E-state index in [1.54, 1.807) is 4.57 Å². The third-order valence-corrected chi connectivity index (χ3v) is 5.99. The number of nitrogens with zero attached hydrogens (tertiary/aromatic N) is 3. The summed E-state index contributed by atoms with van der Waals surface area (Å²) in [6, 6.07) is 0. The second kappa shape index (κ2) is 13.4. The number of hydrogen-bond acceptors (Lipinski definition) is 12. The molecular formula is C23H34N6O7S. The van der Waals surface area contributed by atoms with Gasteiger partial charge in [0.25, 0.3) is 0 Å². The largest absolute Gasteiger partial charge is 0.463 e. The van der Waals surface area contributed by atoms with E-state index in [9.17, 15) is 14.4 Å². The van der Waals surface area contributed by atoms with Gasteiger partial charge in [0.05, 0.1) is 6.33 Å². The van der Waals surface area contributed by atoms with Gasteiger partial charge in [-0.3, -0.25) is 19.0 Å². The Morgan fingerprint density at radius 2 is 1.73 bits per heavy atom. The highest BCUT2D eigenvalue weighted by molar-refractivity contribution is 7.71. The fourth-order valence-electron chi connectivity index (χ4n) is 4.12. The smallest absolute Gasteiger partial charge is 0.303 e. The lowest BCUT2D eigenvalue weighted by molar-refractivity contribution is -0.166. The van der Waals surface area contributed by atoms with Crippen LogP contribution in [0.4, 0.5) is 5.95 Å². The van der Waals surface area contributed by atoms with Crippen molar-refractivity contribution < 1.29 is 33.3 Å². The number of hydrogen-bond donors (Lipinski definition) is 3. The first-order chi connectivity index (χ1) is 17.7. The summed E-state index contributed by atoms with van der Waals surface area (Å²) < 4.78 is 24.0. The molecule has 3 N–H and O–H groups in total.